The van der Waals surface area contributed by atoms with Gasteiger partial charge in [-0.15, -0.1) is 24.0 Å². The molecule has 8 heteroatoms. The summed E-state index contributed by atoms with van der Waals surface area (Å²) >= 11 is 0. The lowest BCUT2D eigenvalue weighted by Gasteiger charge is -2.37. The molecule has 2 fully saturated rings. The van der Waals surface area contributed by atoms with E-state index in [1.54, 1.807) is 6.07 Å². The summed E-state index contributed by atoms with van der Waals surface area (Å²) in [5.41, 5.74) is 2.06. The number of phenols is 1. The number of aromatic hydroxyl groups is 1. The van der Waals surface area contributed by atoms with Crippen molar-refractivity contribution in [2.24, 2.45) is 4.99 Å². The van der Waals surface area contributed by atoms with Crippen molar-refractivity contribution in [2.45, 2.75) is 19.4 Å². The molecule has 4 rings (SSSR count). The molecule has 0 spiro atoms. The van der Waals surface area contributed by atoms with Gasteiger partial charge in [-0.3, -0.25) is 4.99 Å². The SMILES string of the molecule is CN=C(NCc1ccc(N2CCCC2)nc1)N1CCN(c2ccccc2O)CC1.I. The summed E-state index contributed by atoms with van der Waals surface area (Å²) in [5.74, 6) is 2.33. The van der Waals surface area contributed by atoms with Crippen LogP contribution in [0.1, 0.15) is 18.4 Å². The monoisotopic (exact) mass is 522 g/mol. The third-order valence-corrected chi connectivity index (χ3v) is 5.70. The van der Waals surface area contributed by atoms with Crippen LogP contribution in [0.5, 0.6) is 5.75 Å². The molecule has 1 aromatic carbocycles. The van der Waals surface area contributed by atoms with Crippen molar-refractivity contribution in [3.05, 3.63) is 48.2 Å². The molecule has 0 bridgehead atoms. The van der Waals surface area contributed by atoms with Gasteiger partial charge in [-0.2, -0.15) is 0 Å². The Hall–Kier alpha value is -2.23. The number of phenolic OH excluding ortho intramolecular Hbond substituents is 1. The van der Waals surface area contributed by atoms with Crippen molar-refractivity contribution >= 4 is 41.4 Å². The standard InChI is InChI=1S/C22H30N6O.HI/c1-23-22(25-17-18-8-9-21(24-16-18)27-10-4-5-11-27)28-14-12-26(13-15-28)19-6-2-3-7-20(19)29;/h2-3,6-9,16,29H,4-5,10-15,17H2,1H3,(H,23,25);1H. The fraction of sp³-hybridized carbons (Fsp3) is 0.455. The predicted octanol–water partition coefficient (Wildman–Crippen LogP) is 2.90. The van der Waals surface area contributed by atoms with Gasteiger partial charge in [0.2, 0.25) is 0 Å². The zero-order chi connectivity index (χ0) is 20.1. The van der Waals surface area contributed by atoms with Crippen molar-refractivity contribution in [1.29, 1.82) is 0 Å². The number of nitrogens with one attached hydrogen (secondary N) is 1. The van der Waals surface area contributed by atoms with Crippen molar-refractivity contribution in [2.75, 3.05) is 56.1 Å². The van der Waals surface area contributed by atoms with Crippen LogP contribution >= 0.6 is 24.0 Å². The first-order valence-electron chi connectivity index (χ1n) is 10.4. The topological polar surface area (TPSA) is 67.2 Å². The van der Waals surface area contributed by atoms with Crippen LogP contribution in [0.4, 0.5) is 11.5 Å². The Bertz CT molecular complexity index is 830. The summed E-state index contributed by atoms with van der Waals surface area (Å²) in [6.07, 6.45) is 4.49. The number of hydrogen-bond donors (Lipinski definition) is 2. The van der Waals surface area contributed by atoms with Gasteiger partial charge in [0.1, 0.15) is 11.6 Å². The van der Waals surface area contributed by atoms with Gasteiger partial charge in [-0.05, 0) is 36.6 Å². The molecule has 3 heterocycles. The zero-order valence-electron chi connectivity index (χ0n) is 17.5. The molecule has 0 amide bonds. The highest BCUT2D eigenvalue weighted by molar-refractivity contribution is 14.0. The highest BCUT2D eigenvalue weighted by Gasteiger charge is 2.21. The van der Waals surface area contributed by atoms with Crippen LogP contribution < -0.4 is 15.1 Å². The number of rotatable bonds is 4. The number of aliphatic imine (C=N–C) groups is 1. The van der Waals surface area contributed by atoms with E-state index in [9.17, 15) is 5.11 Å². The van der Waals surface area contributed by atoms with Crippen LogP contribution in [-0.2, 0) is 6.54 Å². The van der Waals surface area contributed by atoms with Crippen LogP contribution in [0.15, 0.2) is 47.6 Å². The molecule has 2 N–H and O–H groups in total. The molecule has 1 aromatic heterocycles. The molecule has 7 nitrogen and oxygen atoms in total. The van der Waals surface area contributed by atoms with Crippen LogP contribution in [0, 0.1) is 0 Å². The minimum Gasteiger partial charge on any atom is -0.506 e. The van der Waals surface area contributed by atoms with Gasteiger partial charge in [0.15, 0.2) is 5.96 Å². The minimum atomic E-state index is 0. The maximum absolute atomic E-state index is 10.1. The van der Waals surface area contributed by atoms with Gasteiger partial charge >= 0.3 is 0 Å². The van der Waals surface area contributed by atoms with Gasteiger partial charge in [0.05, 0.1) is 5.69 Å². The highest BCUT2D eigenvalue weighted by Crippen LogP contribution is 2.27. The number of guanidine groups is 1. The van der Waals surface area contributed by atoms with Crippen LogP contribution in [-0.4, -0.2) is 67.3 Å². The first-order chi connectivity index (χ1) is 14.2. The summed E-state index contributed by atoms with van der Waals surface area (Å²) in [7, 11) is 1.83. The average Bonchev–Trinajstić information content (AvgIpc) is 3.30. The first kappa shape index (κ1) is 22.5. The molecule has 2 aliphatic rings. The summed E-state index contributed by atoms with van der Waals surface area (Å²) in [6.45, 7) is 6.36. The maximum atomic E-state index is 10.1. The smallest absolute Gasteiger partial charge is 0.194 e. The molecular formula is C22H31IN6O. The fourth-order valence-corrected chi connectivity index (χ4v) is 4.06. The largest absolute Gasteiger partial charge is 0.506 e. The number of nitrogens with zero attached hydrogens (tertiary/aromatic N) is 5. The van der Waals surface area contributed by atoms with Gasteiger partial charge in [-0.1, -0.05) is 18.2 Å². The molecule has 162 valence electrons. The van der Waals surface area contributed by atoms with Gasteiger partial charge < -0.3 is 25.1 Å². The average molecular weight is 522 g/mol. The van der Waals surface area contributed by atoms with E-state index in [4.69, 9.17) is 0 Å². The Morgan fingerprint density at radius 3 is 2.37 bits per heavy atom. The van der Waals surface area contributed by atoms with E-state index < -0.39 is 0 Å². The molecule has 0 saturated carbocycles. The number of hydrogen-bond acceptors (Lipinski definition) is 5. The Balaban J connectivity index is 0.00000256. The lowest BCUT2D eigenvalue weighted by Crippen LogP contribution is -2.52. The van der Waals surface area contributed by atoms with Crippen molar-refractivity contribution in [1.82, 2.24) is 15.2 Å². The Labute approximate surface area is 195 Å². The van der Waals surface area contributed by atoms with E-state index in [-0.39, 0.29) is 24.0 Å². The number of anilines is 2. The second-order valence-electron chi connectivity index (χ2n) is 7.58. The number of halogens is 1. The summed E-state index contributed by atoms with van der Waals surface area (Å²) < 4.78 is 0. The van der Waals surface area contributed by atoms with Crippen molar-refractivity contribution in [3.63, 3.8) is 0 Å². The summed E-state index contributed by atoms with van der Waals surface area (Å²) in [6, 6.07) is 11.8. The third-order valence-electron chi connectivity index (χ3n) is 5.70. The quantitative estimate of drug-likeness (QED) is 0.366. The van der Waals surface area contributed by atoms with E-state index in [1.165, 1.54) is 12.8 Å². The predicted molar refractivity (Wildman–Crippen MR) is 133 cm³/mol. The lowest BCUT2D eigenvalue weighted by molar-refractivity contribution is 0.369. The molecular weight excluding hydrogens is 491 g/mol. The Kier molecular flexibility index (Phi) is 8.01. The van der Waals surface area contributed by atoms with Crippen LogP contribution in [0.25, 0.3) is 0 Å². The van der Waals surface area contributed by atoms with Crippen molar-refractivity contribution in [3.8, 4) is 5.75 Å². The van der Waals surface area contributed by atoms with E-state index in [1.807, 2.05) is 31.4 Å². The lowest BCUT2D eigenvalue weighted by atomic mass is 10.2. The van der Waals surface area contributed by atoms with Gasteiger partial charge in [0.25, 0.3) is 0 Å². The number of para-hydroxylation sites is 2. The van der Waals surface area contributed by atoms with Gasteiger partial charge in [0, 0.05) is 59.1 Å². The van der Waals surface area contributed by atoms with E-state index in [0.717, 1.165) is 62.3 Å². The zero-order valence-corrected chi connectivity index (χ0v) is 19.8. The first-order valence-corrected chi connectivity index (χ1v) is 10.4. The number of piperazine rings is 1. The van der Waals surface area contributed by atoms with Crippen LogP contribution in [0.3, 0.4) is 0 Å². The van der Waals surface area contributed by atoms with Gasteiger partial charge in [-0.25, -0.2) is 4.98 Å². The molecule has 0 radical (unpaired) electrons. The highest BCUT2D eigenvalue weighted by atomic mass is 127. The van der Waals surface area contributed by atoms with E-state index in [2.05, 4.69) is 42.1 Å². The second kappa shape index (κ2) is 10.7. The molecule has 0 atom stereocenters. The molecule has 2 aromatic rings. The fourth-order valence-electron chi connectivity index (χ4n) is 4.06. The second-order valence-corrected chi connectivity index (χ2v) is 7.58. The molecule has 0 unspecified atom stereocenters. The number of pyridine rings is 1. The molecule has 2 saturated heterocycles. The summed E-state index contributed by atoms with van der Waals surface area (Å²) in [4.78, 5) is 15.9. The number of benzene rings is 1. The molecule has 2 aliphatic heterocycles. The van der Waals surface area contributed by atoms with Crippen molar-refractivity contribution < 1.29 is 5.11 Å². The van der Waals surface area contributed by atoms with E-state index >= 15 is 0 Å². The van der Waals surface area contributed by atoms with Crippen LogP contribution in [0.2, 0.25) is 0 Å². The number of aromatic nitrogens is 1. The maximum Gasteiger partial charge on any atom is 0.194 e. The third kappa shape index (κ3) is 5.27. The van der Waals surface area contributed by atoms with E-state index in [0.29, 0.717) is 12.3 Å². The Morgan fingerprint density at radius 2 is 1.73 bits per heavy atom. The minimum absolute atomic E-state index is 0. The molecule has 0 aliphatic carbocycles. The normalized spacial score (nSPS) is 17.1. The molecule has 30 heavy (non-hydrogen) atoms. The summed E-state index contributed by atoms with van der Waals surface area (Å²) in [5, 5.41) is 13.5. The Morgan fingerprint density at radius 1 is 1.00 bits per heavy atom.